The van der Waals surface area contributed by atoms with Crippen LogP contribution in [0.5, 0.6) is 0 Å². The van der Waals surface area contributed by atoms with Gasteiger partial charge >= 0.3 is 0 Å². The van der Waals surface area contributed by atoms with E-state index in [1.54, 1.807) is 12.3 Å². The quantitative estimate of drug-likeness (QED) is 0.617. The van der Waals surface area contributed by atoms with Crippen LogP contribution in [0.1, 0.15) is 26.2 Å². The highest BCUT2D eigenvalue weighted by Crippen LogP contribution is 2.21. The molecule has 2 unspecified atom stereocenters. The Labute approximate surface area is 155 Å². The third-order valence-corrected chi connectivity index (χ3v) is 5.14. The number of likely N-dealkylation sites (tertiary alicyclic amines) is 1. The molecule has 2 saturated heterocycles. The summed E-state index contributed by atoms with van der Waals surface area (Å²) in [5.74, 6) is 1.69. The molecule has 6 nitrogen and oxygen atoms in total. The number of aliphatic imine (C=N–C) groups is 1. The second-order valence-corrected chi connectivity index (χ2v) is 7.37. The van der Waals surface area contributed by atoms with Crippen molar-refractivity contribution >= 4 is 11.8 Å². The third kappa shape index (κ3) is 5.06. The Morgan fingerprint density at radius 3 is 3.00 bits per heavy atom. The fourth-order valence-electron chi connectivity index (χ4n) is 3.84. The zero-order chi connectivity index (χ0) is 18.4. The summed E-state index contributed by atoms with van der Waals surface area (Å²) < 4.78 is 13.9. The zero-order valence-electron chi connectivity index (χ0n) is 15.9. The standard InChI is InChI=1S/C19H31FN6/c1-3-21-19(23-12-15-6-5-10-25(2)13-15)24-16-8-11-26(14-16)18-17(20)7-4-9-22-18/h4,7,9,15-16H,3,5-6,8,10-14H2,1-2H3,(H2,21,23,24). The molecule has 2 atom stereocenters. The van der Waals surface area contributed by atoms with Crippen molar-refractivity contribution in [2.24, 2.45) is 10.9 Å². The molecule has 7 heteroatoms. The van der Waals surface area contributed by atoms with E-state index in [4.69, 9.17) is 4.99 Å². The van der Waals surface area contributed by atoms with Crippen LogP contribution in [0.25, 0.3) is 0 Å². The van der Waals surface area contributed by atoms with Crippen molar-refractivity contribution < 1.29 is 4.39 Å². The van der Waals surface area contributed by atoms with Crippen LogP contribution in [0.15, 0.2) is 23.3 Å². The molecule has 1 aromatic heterocycles. The lowest BCUT2D eigenvalue weighted by Crippen LogP contribution is -2.45. The summed E-state index contributed by atoms with van der Waals surface area (Å²) in [7, 11) is 2.18. The van der Waals surface area contributed by atoms with Gasteiger partial charge in [0.25, 0.3) is 0 Å². The predicted molar refractivity (Wildman–Crippen MR) is 104 cm³/mol. The molecule has 1 aromatic rings. The molecule has 0 radical (unpaired) electrons. The van der Waals surface area contributed by atoms with E-state index in [1.807, 2.05) is 4.90 Å². The Morgan fingerprint density at radius 2 is 2.23 bits per heavy atom. The van der Waals surface area contributed by atoms with Gasteiger partial charge in [0.1, 0.15) is 0 Å². The number of aromatic nitrogens is 1. The van der Waals surface area contributed by atoms with Crippen molar-refractivity contribution in [2.45, 2.75) is 32.2 Å². The number of hydrogen-bond donors (Lipinski definition) is 2. The minimum atomic E-state index is -0.254. The van der Waals surface area contributed by atoms with E-state index >= 15 is 0 Å². The molecule has 3 heterocycles. The highest BCUT2D eigenvalue weighted by atomic mass is 19.1. The summed E-state index contributed by atoms with van der Waals surface area (Å²) in [4.78, 5) is 13.4. The fraction of sp³-hybridized carbons (Fsp3) is 0.684. The monoisotopic (exact) mass is 362 g/mol. The molecule has 0 spiro atoms. The molecular weight excluding hydrogens is 331 g/mol. The Morgan fingerprint density at radius 1 is 1.35 bits per heavy atom. The first kappa shape index (κ1) is 18.9. The summed E-state index contributed by atoms with van der Waals surface area (Å²) in [5, 5.41) is 6.86. The average Bonchev–Trinajstić information content (AvgIpc) is 3.09. The van der Waals surface area contributed by atoms with Gasteiger partial charge < -0.3 is 20.4 Å². The first-order valence-electron chi connectivity index (χ1n) is 9.74. The molecule has 2 fully saturated rings. The maximum absolute atomic E-state index is 13.9. The molecular formula is C19H31FN6. The van der Waals surface area contributed by atoms with Gasteiger partial charge in [0.15, 0.2) is 17.6 Å². The summed E-state index contributed by atoms with van der Waals surface area (Å²) in [5.41, 5.74) is 0. The number of pyridine rings is 1. The number of anilines is 1. The Kier molecular flexibility index (Phi) is 6.66. The first-order valence-corrected chi connectivity index (χ1v) is 9.74. The van der Waals surface area contributed by atoms with E-state index in [2.05, 4.69) is 34.5 Å². The Balaban J connectivity index is 1.55. The Hall–Kier alpha value is -1.89. The number of halogens is 1. The SMILES string of the molecule is CCNC(=NCC1CCCN(C)C1)NC1CCN(c2ncccc2F)C1. The second-order valence-electron chi connectivity index (χ2n) is 7.37. The van der Waals surface area contributed by atoms with Crippen molar-refractivity contribution in [3.63, 3.8) is 0 Å². The average molecular weight is 362 g/mol. The summed E-state index contributed by atoms with van der Waals surface area (Å²) >= 11 is 0. The van der Waals surface area contributed by atoms with Gasteiger partial charge in [0, 0.05) is 45.0 Å². The molecule has 2 aliphatic heterocycles. The van der Waals surface area contributed by atoms with Crippen molar-refractivity contribution in [2.75, 3.05) is 51.2 Å². The van der Waals surface area contributed by atoms with Gasteiger partial charge in [-0.05, 0) is 57.8 Å². The highest BCUT2D eigenvalue weighted by molar-refractivity contribution is 5.80. The molecule has 26 heavy (non-hydrogen) atoms. The van der Waals surface area contributed by atoms with Gasteiger partial charge in [-0.2, -0.15) is 0 Å². The molecule has 0 aromatic carbocycles. The van der Waals surface area contributed by atoms with Gasteiger partial charge in [-0.15, -0.1) is 0 Å². The van der Waals surface area contributed by atoms with Crippen molar-refractivity contribution in [3.05, 3.63) is 24.1 Å². The van der Waals surface area contributed by atoms with E-state index in [0.29, 0.717) is 11.7 Å². The van der Waals surface area contributed by atoms with Crippen LogP contribution in [0, 0.1) is 11.7 Å². The fourth-order valence-corrected chi connectivity index (χ4v) is 3.84. The normalized spacial score (nSPS) is 24.7. The number of piperidine rings is 1. The van der Waals surface area contributed by atoms with Gasteiger partial charge in [-0.25, -0.2) is 9.37 Å². The van der Waals surface area contributed by atoms with Crippen LogP contribution in [0.3, 0.4) is 0 Å². The number of hydrogen-bond acceptors (Lipinski definition) is 4. The number of guanidine groups is 1. The zero-order valence-corrected chi connectivity index (χ0v) is 15.9. The summed E-state index contributed by atoms with van der Waals surface area (Å²) in [6.07, 6.45) is 5.11. The lowest BCUT2D eigenvalue weighted by Gasteiger charge is -2.29. The van der Waals surface area contributed by atoms with Gasteiger partial charge in [-0.3, -0.25) is 4.99 Å². The number of nitrogens with one attached hydrogen (secondary N) is 2. The van der Waals surface area contributed by atoms with Crippen molar-refractivity contribution in [1.29, 1.82) is 0 Å². The smallest absolute Gasteiger partial charge is 0.191 e. The maximum Gasteiger partial charge on any atom is 0.191 e. The molecule has 2 N–H and O–H groups in total. The summed E-state index contributed by atoms with van der Waals surface area (Å²) in [6.45, 7) is 7.63. The van der Waals surface area contributed by atoms with E-state index < -0.39 is 0 Å². The van der Waals surface area contributed by atoms with E-state index in [0.717, 1.165) is 45.1 Å². The minimum Gasteiger partial charge on any atom is -0.357 e. The highest BCUT2D eigenvalue weighted by Gasteiger charge is 2.26. The first-order chi connectivity index (χ1) is 12.7. The van der Waals surface area contributed by atoms with Gasteiger partial charge in [0.2, 0.25) is 0 Å². The molecule has 0 aliphatic carbocycles. The maximum atomic E-state index is 13.9. The van der Waals surface area contributed by atoms with E-state index in [9.17, 15) is 4.39 Å². The third-order valence-electron chi connectivity index (χ3n) is 5.14. The van der Waals surface area contributed by atoms with Crippen LogP contribution in [-0.4, -0.2) is 68.2 Å². The van der Waals surface area contributed by atoms with Gasteiger partial charge in [-0.1, -0.05) is 0 Å². The summed E-state index contributed by atoms with van der Waals surface area (Å²) in [6, 6.07) is 3.35. The van der Waals surface area contributed by atoms with Crippen LogP contribution >= 0.6 is 0 Å². The largest absolute Gasteiger partial charge is 0.357 e. The van der Waals surface area contributed by atoms with Crippen molar-refractivity contribution in [1.82, 2.24) is 20.5 Å². The molecule has 2 aliphatic rings. The van der Waals surface area contributed by atoms with Crippen LogP contribution in [-0.2, 0) is 0 Å². The van der Waals surface area contributed by atoms with E-state index in [1.165, 1.54) is 25.5 Å². The number of rotatable bonds is 5. The van der Waals surface area contributed by atoms with Crippen LogP contribution < -0.4 is 15.5 Å². The second kappa shape index (κ2) is 9.16. The lowest BCUT2D eigenvalue weighted by atomic mass is 9.99. The number of nitrogens with zero attached hydrogens (tertiary/aromatic N) is 4. The molecule has 0 amide bonds. The molecule has 0 bridgehead atoms. The molecule has 0 saturated carbocycles. The minimum absolute atomic E-state index is 0.253. The van der Waals surface area contributed by atoms with Gasteiger partial charge in [0.05, 0.1) is 0 Å². The Bertz CT molecular complexity index is 607. The lowest BCUT2D eigenvalue weighted by molar-refractivity contribution is 0.214. The topological polar surface area (TPSA) is 55.8 Å². The predicted octanol–water partition coefficient (Wildman–Crippen LogP) is 1.70. The van der Waals surface area contributed by atoms with Crippen LogP contribution in [0.4, 0.5) is 10.2 Å². The molecule has 144 valence electrons. The van der Waals surface area contributed by atoms with E-state index in [-0.39, 0.29) is 11.9 Å². The van der Waals surface area contributed by atoms with Crippen molar-refractivity contribution in [3.8, 4) is 0 Å². The van der Waals surface area contributed by atoms with Crippen LogP contribution in [0.2, 0.25) is 0 Å². The molecule has 3 rings (SSSR count).